The molecule has 1 amide bonds. The van der Waals surface area contributed by atoms with Crippen molar-refractivity contribution in [3.05, 3.63) is 27.7 Å². The number of nitrogens with two attached hydrogens (primary N) is 1. The van der Waals surface area contributed by atoms with Gasteiger partial charge in [0.15, 0.2) is 0 Å². The lowest BCUT2D eigenvalue weighted by molar-refractivity contribution is 0.0511. The van der Waals surface area contributed by atoms with Gasteiger partial charge in [-0.05, 0) is 45.2 Å². The number of hydrogen-bond donors (Lipinski definition) is 1. The van der Waals surface area contributed by atoms with Crippen molar-refractivity contribution in [2.75, 3.05) is 5.73 Å². The van der Waals surface area contributed by atoms with Crippen molar-refractivity contribution >= 4 is 34.8 Å². The van der Waals surface area contributed by atoms with E-state index in [-0.39, 0.29) is 18.0 Å². The summed E-state index contributed by atoms with van der Waals surface area (Å²) in [5, 5.41) is 0.625. The summed E-state index contributed by atoms with van der Waals surface area (Å²) in [4.78, 5) is 14.5. The molecule has 5 heteroatoms. The van der Waals surface area contributed by atoms with E-state index < -0.39 is 0 Å². The van der Waals surface area contributed by atoms with Gasteiger partial charge in [0.25, 0.3) is 5.91 Å². The lowest BCUT2D eigenvalue weighted by Crippen LogP contribution is -2.47. The van der Waals surface area contributed by atoms with Gasteiger partial charge in [0.05, 0.1) is 15.7 Å². The minimum absolute atomic E-state index is 0.0232. The number of halogens is 2. The zero-order valence-electron chi connectivity index (χ0n) is 11.1. The zero-order chi connectivity index (χ0) is 14.2. The van der Waals surface area contributed by atoms with Crippen LogP contribution in [0.15, 0.2) is 12.1 Å². The molecule has 0 aliphatic carbocycles. The molecular formula is C14H18Cl2N2O. The van der Waals surface area contributed by atoms with E-state index in [1.165, 1.54) is 0 Å². The van der Waals surface area contributed by atoms with Crippen molar-refractivity contribution in [2.24, 2.45) is 0 Å². The van der Waals surface area contributed by atoms with Crippen LogP contribution in [0, 0.1) is 0 Å². The largest absolute Gasteiger partial charge is 0.397 e. The maximum atomic E-state index is 12.6. The van der Waals surface area contributed by atoms with E-state index in [1.807, 2.05) is 4.90 Å². The summed E-state index contributed by atoms with van der Waals surface area (Å²) in [5.41, 5.74) is 6.62. The Labute approximate surface area is 123 Å². The fraction of sp³-hybridized carbons (Fsp3) is 0.500. The van der Waals surface area contributed by atoms with Crippen LogP contribution in [0.4, 0.5) is 5.69 Å². The molecule has 1 heterocycles. The lowest BCUT2D eigenvalue weighted by atomic mass is 9.96. The predicted molar refractivity (Wildman–Crippen MR) is 79.8 cm³/mol. The van der Waals surface area contributed by atoms with Crippen LogP contribution in [0.1, 0.15) is 43.5 Å². The first-order valence-corrected chi connectivity index (χ1v) is 7.24. The molecule has 104 valence electrons. The summed E-state index contributed by atoms with van der Waals surface area (Å²) in [6.07, 6.45) is 3.23. The van der Waals surface area contributed by atoms with Gasteiger partial charge < -0.3 is 10.6 Å². The third-order valence-corrected chi connectivity index (χ3v) is 4.55. The molecule has 1 saturated heterocycles. The van der Waals surface area contributed by atoms with Crippen LogP contribution >= 0.6 is 23.2 Å². The quantitative estimate of drug-likeness (QED) is 0.798. The molecule has 0 radical (unpaired) electrons. The number of carbonyl (C=O) groups excluding carboxylic acids is 1. The second-order valence-electron chi connectivity index (χ2n) is 5.20. The highest BCUT2D eigenvalue weighted by molar-refractivity contribution is 6.43. The number of nitrogen functional groups attached to an aromatic ring is 1. The highest BCUT2D eigenvalue weighted by atomic mass is 35.5. The number of likely N-dealkylation sites (tertiary alicyclic amines) is 1. The minimum atomic E-state index is -0.0232. The smallest absolute Gasteiger partial charge is 0.254 e. The zero-order valence-corrected chi connectivity index (χ0v) is 12.6. The monoisotopic (exact) mass is 300 g/mol. The van der Waals surface area contributed by atoms with Crippen molar-refractivity contribution in [1.82, 2.24) is 4.90 Å². The van der Waals surface area contributed by atoms with E-state index in [4.69, 9.17) is 28.9 Å². The van der Waals surface area contributed by atoms with Crippen molar-refractivity contribution in [1.29, 1.82) is 0 Å². The molecule has 1 aliphatic heterocycles. The molecule has 1 aliphatic rings. The van der Waals surface area contributed by atoms with E-state index in [9.17, 15) is 4.79 Å². The summed E-state index contributed by atoms with van der Waals surface area (Å²) < 4.78 is 0. The van der Waals surface area contributed by atoms with E-state index in [0.717, 1.165) is 19.3 Å². The van der Waals surface area contributed by atoms with Gasteiger partial charge in [-0.25, -0.2) is 0 Å². The fourth-order valence-corrected chi connectivity index (χ4v) is 3.04. The maximum Gasteiger partial charge on any atom is 0.254 e. The molecule has 2 N–H and O–H groups in total. The van der Waals surface area contributed by atoms with Gasteiger partial charge in [-0.1, -0.05) is 23.2 Å². The molecule has 0 saturated carbocycles. The summed E-state index contributed by atoms with van der Waals surface area (Å²) in [5.74, 6) is -0.0232. The Morgan fingerprint density at radius 1 is 1.26 bits per heavy atom. The highest BCUT2D eigenvalue weighted by Crippen LogP contribution is 2.31. The topological polar surface area (TPSA) is 46.3 Å². The molecule has 0 spiro atoms. The molecule has 0 aromatic heterocycles. The first-order valence-electron chi connectivity index (χ1n) is 6.49. The normalized spacial score (nSPS) is 23.5. The highest BCUT2D eigenvalue weighted by Gasteiger charge is 2.30. The summed E-state index contributed by atoms with van der Waals surface area (Å²) in [7, 11) is 0. The molecule has 0 unspecified atom stereocenters. The molecule has 3 nitrogen and oxygen atoms in total. The molecule has 0 bridgehead atoms. The van der Waals surface area contributed by atoms with Crippen molar-refractivity contribution in [2.45, 2.75) is 45.2 Å². The first kappa shape index (κ1) is 14.5. The van der Waals surface area contributed by atoms with Crippen molar-refractivity contribution in [3.8, 4) is 0 Å². The predicted octanol–water partition coefficient (Wildman–Crippen LogP) is 3.98. The average molecular weight is 301 g/mol. The number of nitrogens with zero attached hydrogens (tertiary/aromatic N) is 1. The van der Waals surface area contributed by atoms with Crippen molar-refractivity contribution < 1.29 is 4.79 Å². The van der Waals surface area contributed by atoms with Crippen LogP contribution in [0.25, 0.3) is 0 Å². The Hall–Kier alpha value is -0.930. The second-order valence-corrected chi connectivity index (χ2v) is 5.99. The standard InChI is InChI=1S/C14H18Cl2N2O/c1-8-4-3-5-9(2)18(8)14(19)10-6-11(15)13(16)12(17)7-10/h6-9H,3-5,17H2,1-2H3/t8-,9-/m0/s1. The minimum Gasteiger partial charge on any atom is -0.397 e. The van der Waals surface area contributed by atoms with Crippen LogP contribution < -0.4 is 5.73 Å². The lowest BCUT2D eigenvalue weighted by Gasteiger charge is -2.39. The molecule has 2 atom stereocenters. The number of piperidine rings is 1. The summed E-state index contributed by atoms with van der Waals surface area (Å²) >= 11 is 11.9. The molecule has 1 aromatic carbocycles. The number of anilines is 1. The van der Waals surface area contributed by atoms with Gasteiger partial charge in [0.1, 0.15) is 0 Å². The average Bonchev–Trinajstić information content (AvgIpc) is 2.35. The Balaban J connectivity index is 2.33. The van der Waals surface area contributed by atoms with Crippen LogP contribution in [0.2, 0.25) is 10.0 Å². The van der Waals surface area contributed by atoms with Crippen LogP contribution in [-0.4, -0.2) is 22.9 Å². The van der Waals surface area contributed by atoms with E-state index >= 15 is 0 Å². The third-order valence-electron chi connectivity index (χ3n) is 3.73. The second kappa shape index (κ2) is 5.59. The summed E-state index contributed by atoms with van der Waals surface area (Å²) in [6, 6.07) is 3.68. The van der Waals surface area contributed by atoms with Crippen LogP contribution in [0.3, 0.4) is 0 Å². The number of hydrogen-bond acceptors (Lipinski definition) is 2. The number of rotatable bonds is 1. The fourth-order valence-electron chi connectivity index (χ4n) is 2.70. The molecule has 19 heavy (non-hydrogen) atoms. The van der Waals surface area contributed by atoms with Gasteiger partial charge >= 0.3 is 0 Å². The van der Waals surface area contributed by atoms with Crippen LogP contribution in [-0.2, 0) is 0 Å². The maximum absolute atomic E-state index is 12.6. The van der Waals surface area contributed by atoms with Crippen molar-refractivity contribution in [3.63, 3.8) is 0 Å². The number of benzene rings is 1. The van der Waals surface area contributed by atoms with Gasteiger partial charge in [-0.15, -0.1) is 0 Å². The Morgan fingerprint density at radius 3 is 2.37 bits per heavy atom. The Morgan fingerprint density at radius 2 is 1.84 bits per heavy atom. The van der Waals surface area contributed by atoms with Gasteiger partial charge in [-0.2, -0.15) is 0 Å². The molecule has 2 rings (SSSR count). The molecule has 1 fully saturated rings. The first-order chi connectivity index (χ1) is 8.91. The van der Waals surface area contributed by atoms with Gasteiger partial charge in [0.2, 0.25) is 0 Å². The number of amides is 1. The summed E-state index contributed by atoms with van der Waals surface area (Å²) in [6.45, 7) is 4.16. The SMILES string of the molecule is C[C@H]1CCC[C@H](C)N1C(=O)c1cc(N)c(Cl)c(Cl)c1. The van der Waals surface area contributed by atoms with Gasteiger partial charge in [-0.3, -0.25) is 4.79 Å². The Bertz CT molecular complexity index is 471. The van der Waals surface area contributed by atoms with E-state index in [2.05, 4.69) is 13.8 Å². The third kappa shape index (κ3) is 2.82. The molecule has 1 aromatic rings. The Kier molecular flexibility index (Phi) is 4.26. The molecular weight excluding hydrogens is 283 g/mol. The van der Waals surface area contributed by atoms with Gasteiger partial charge in [0, 0.05) is 17.6 Å². The van der Waals surface area contributed by atoms with Crippen LogP contribution in [0.5, 0.6) is 0 Å². The van der Waals surface area contributed by atoms with E-state index in [1.54, 1.807) is 12.1 Å². The van der Waals surface area contributed by atoms with E-state index in [0.29, 0.717) is 21.3 Å². The number of carbonyl (C=O) groups is 1.